The second-order valence-electron chi connectivity index (χ2n) is 7.17. The minimum absolute atomic E-state index is 0.0366. The van der Waals surface area contributed by atoms with Crippen LogP contribution in [0.3, 0.4) is 0 Å². The third-order valence-electron chi connectivity index (χ3n) is 5.41. The third kappa shape index (κ3) is 3.35. The summed E-state index contributed by atoms with van der Waals surface area (Å²) in [6, 6.07) is 8.43. The van der Waals surface area contributed by atoms with Gasteiger partial charge in [0.15, 0.2) is 0 Å². The van der Waals surface area contributed by atoms with Crippen LogP contribution < -0.4 is 5.32 Å². The molecule has 2 unspecified atom stereocenters. The van der Waals surface area contributed by atoms with Crippen molar-refractivity contribution in [2.24, 2.45) is 11.8 Å². The predicted octanol–water partition coefficient (Wildman–Crippen LogP) is 2.99. The number of hydrogen-bond donors (Lipinski definition) is 1. The van der Waals surface area contributed by atoms with E-state index in [9.17, 15) is 4.79 Å². The Morgan fingerprint density at radius 2 is 1.95 bits per heavy atom. The van der Waals surface area contributed by atoms with E-state index in [-0.39, 0.29) is 6.04 Å². The molecule has 0 bridgehead atoms. The molecule has 1 saturated heterocycles. The molecular formula is C19H28N2O. The number of nitrogens with zero attached hydrogens (tertiary/aromatic N) is 1. The molecule has 1 aromatic carbocycles. The molecule has 2 heterocycles. The minimum Gasteiger partial charge on any atom is -0.341 e. The Labute approximate surface area is 134 Å². The van der Waals surface area contributed by atoms with Crippen molar-refractivity contribution in [3.05, 3.63) is 35.4 Å². The molecular weight excluding hydrogens is 272 g/mol. The highest BCUT2D eigenvalue weighted by Crippen LogP contribution is 2.25. The van der Waals surface area contributed by atoms with Gasteiger partial charge in [-0.05, 0) is 48.6 Å². The van der Waals surface area contributed by atoms with E-state index in [1.807, 2.05) is 0 Å². The first kappa shape index (κ1) is 15.5. The Morgan fingerprint density at radius 1 is 1.18 bits per heavy atom. The fourth-order valence-corrected chi connectivity index (χ4v) is 3.86. The summed E-state index contributed by atoms with van der Waals surface area (Å²) in [7, 11) is 0. The summed E-state index contributed by atoms with van der Waals surface area (Å²) in [6.45, 7) is 7.29. The molecule has 3 rings (SSSR count). The van der Waals surface area contributed by atoms with Crippen molar-refractivity contribution < 1.29 is 4.79 Å². The van der Waals surface area contributed by atoms with Gasteiger partial charge in [-0.25, -0.2) is 0 Å². The Kier molecular flexibility index (Phi) is 4.82. The minimum atomic E-state index is -0.0366. The highest BCUT2D eigenvalue weighted by atomic mass is 16.2. The Balaban J connectivity index is 1.62. The largest absolute Gasteiger partial charge is 0.341 e. The number of benzene rings is 1. The van der Waals surface area contributed by atoms with Crippen LogP contribution in [0.15, 0.2) is 24.3 Å². The van der Waals surface area contributed by atoms with Gasteiger partial charge < -0.3 is 10.2 Å². The fraction of sp³-hybridized carbons (Fsp3) is 0.632. The summed E-state index contributed by atoms with van der Waals surface area (Å²) in [5, 5.41) is 3.44. The van der Waals surface area contributed by atoms with Gasteiger partial charge in [-0.3, -0.25) is 4.79 Å². The molecule has 22 heavy (non-hydrogen) atoms. The van der Waals surface area contributed by atoms with E-state index >= 15 is 0 Å². The number of carbonyl (C=O) groups excluding carboxylic acids is 1. The highest BCUT2D eigenvalue weighted by Gasteiger charge is 2.29. The maximum Gasteiger partial charge on any atom is 0.240 e. The first-order chi connectivity index (χ1) is 10.6. The molecule has 1 N–H and O–H groups in total. The number of carbonyl (C=O) groups is 1. The fourth-order valence-electron chi connectivity index (χ4n) is 3.86. The summed E-state index contributed by atoms with van der Waals surface area (Å²) in [6.07, 6.45) is 4.41. The zero-order valence-electron chi connectivity index (χ0n) is 13.8. The zero-order chi connectivity index (χ0) is 15.5. The normalized spacial score (nSPS) is 25.7. The van der Waals surface area contributed by atoms with Crippen molar-refractivity contribution in [3.8, 4) is 0 Å². The molecule has 2 atom stereocenters. The standard InChI is InChI=1S/C19H28N2O/c1-14(2)15-8-5-10-21(11-9-15)19(22)18-12-16-6-3-4-7-17(16)13-20-18/h3-4,6-7,14-15,18,20H,5,8-13H2,1-2H3. The van der Waals surface area contributed by atoms with E-state index in [1.165, 1.54) is 17.5 Å². The van der Waals surface area contributed by atoms with E-state index in [2.05, 4.69) is 48.3 Å². The molecule has 0 spiro atoms. The number of amides is 1. The lowest BCUT2D eigenvalue weighted by atomic mass is 9.89. The summed E-state index contributed by atoms with van der Waals surface area (Å²) < 4.78 is 0. The van der Waals surface area contributed by atoms with Crippen molar-refractivity contribution >= 4 is 5.91 Å². The van der Waals surface area contributed by atoms with E-state index in [0.717, 1.165) is 50.7 Å². The molecule has 1 fully saturated rings. The van der Waals surface area contributed by atoms with Gasteiger partial charge in [-0.15, -0.1) is 0 Å². The van der Waals surface area contributed by atoms with Gasteiger partial charge in [0.25, 0.3) is 0 Å². The molecule has 0 aliphatic carbocycles. The van der Waals surface area contributed by atoms with Crippen LogP contribution in [0, 0.1) is 11.8 Å². The second kappa shape index (κ2) is 6.82. The maximum absolute atomic E-state index is 12.9. The van der Waals surface area contributed by atoms with Crippen molar-refractivity contribution in [1.29, 1.82) is 0 Å². The van der Waals surface area contributed by atoms with Crippen LogP contribution in [-0.2, 0) is 17.8 Å². The lowest BCUT2D eigenvalue weighted by Gasteiger charge is -2.30. The molecule has 1 amide bonds. The Bertz CT molecular complexity index is 526. The van der Waals surface area contributed by atoms with E-state index in [1.54, 1.807) is 0 Å². The number of hydrogen-bond acceptors (Lipinski definition) is 2. The number of likely N-dealkylation sites (tertiary alicyclic amines) is 1. The smallest absolute Gasteiger partial charge is 0.240 e. The third-order valence-corrected chi connectivity index (χ3v) is 5.41. The summed E-state index contributed by atoms with van der Waals surface area (Å²) in [5.74, 6) is 1.81. The molecule has 0 radical (unpaired) electrons. The molecule has 0 saturated carbocycles. The average molecular weight is 300 g/mol. The van der Waals surface area contributed by atoms with Gasteiger partial charge in [-0.2, -0.15) is 0 Å². The van der Waals surface area contributed by atoms with Crippen molar-refractivity contribution in [2.45, 2.75) is 52.1 Å². The summed E-state index contributed by atoms with van der Waals surface area (Å²) in [5.41, 5.74) is 2.66. The van der Waals surface area contributed by atoms with E-state index in [4.69, 9.17) is 0 Å². The Hall–Kier alpha value is -1.35. The van der Waals surface area contributed by atoms with Crippen molar-refractivity contribution in [1.82, 2.24) is 10.2 Å². The van der Waals surface area contributed by atoms with E-state index < -0.39 is 0 Å². The highest BCUT2D eigenvalue weighted by molar-refractivity contribution is 5.82. The average Bonchev–Trinajstić information content (AvgIpc) is 2.80. The van der Waals surface area contributed by atoms with Gasteiger partial charge in [-0.1, -0.05) is 38.1 Å². The first-order valence-electron chi connectivity index (χ1n) is 8.74. The van der Waals surface area contributed by atoms with Gasteiger partial charge in [0.05, 0.1) is 6.04 Å². The van der Waals surface area contributed by atoms with Crippen LogP contribution in [-0.4, -0.2) is 29.9 Å². The van der Waals surface area contributed by atoms with Gasteiger partial charge >= 0.3 is 0 Å². The lowest BCUT2D eigenvalue weighted by molar-refractivity contribution is -0.133. The Morgan fingerprint density at radius 3 is 2.73 bits per heavy atom. The summed E-state index contributed by atoms with van der Waals surface area (Å²) >= 11 is 0. The van der Waals surface area contributed by atoms with Crippen LogP contribution in [0.4, 0.5) is 0 Å². The molecule has 2 aliphatic heterocycles. The zero-order valence-corrected chi connectivity index (χ0v) is 13.8. The van der Waals surface area contributed by atoms with Crippen LogP contribution in [0.2, 0.25) is 0 Å². The number of rotatable bonds is 2. The van der Waals surface area contributed by atoms with Crippen LogP contribution in [0.25, 0.3) is 0 Å². The quantitative estimate of drug-likeness (QED) is 0.910. The molecule has 0 aromatic heterocycles. The number of fused-ring (bicyclic) bond motifs is 1. The molecule has 3 heteroatoms. The molecule has 1 aromatic rings. The maximum atomic E-state index is 12.9. The van der Waals surface area contributed by atoms with Crippen molar-refractivity contribution in [2.75, 3.05) is 13.1 Å². The van der Waals surface area contributed by atoms with Gasteiger partial charge in [0.1, 0.15) is 0 Å². The van der Waals surface area contributed by atoms with Gasteiger partial charge in [0.2, 0.25) is 5.91 Å². The topological polar surface area (TPSA) is 32.3 Å². The molecule has 120 valence electrons. The SMILES string of the molecule is CC(C)C1CCCN(C(=O)C2Cc3ccccc3CN2)CC1. The summed E-state index contributed by atoms with van der Waals surface area (Å²) in [4.78, 5) is 15.0. The van der Waals surface area contributed by atoms with Gasteiger partial charge in [0, 0.05) is 19.6 Å². The van der Waals surface area contributed by atoms with Crippen LogP contribution in [0.5, 0.6) is 0 Å². The second-order valence-corrected chi connectivity index (χ2v) is 7.17. The number of nitrogens with one attached hydrogen (secondary N) is 1. The van der Waals surface area contributed by atoms with Crippen molar-refractivity contribution in [3.63, 3.8) is 0 Å². The molecule has 2 aliphatic rings. The van der Waals surface area contributed by atoms with Crippen LogP contribution >= 0.6 is 0 Å². The monoisotopic (exact) mass is 300 g/mol. The van der Waals surface area contributed by atoms with Crippen LogP contribution in [0.1, 0.15) is 44.2 Å². The predicted molar refractivity (Wildman–Crippen MR) is 89.5 cm³/mol. The van der Waals surface area contributed by atoms with E-state index in [0.29, 0.717) is 5.91 Å². The molecule has 3 nitrogen and oxygen atoms in total. The lowest BCUT2D eigenvalue weighted by Crippen LogP contribution is -2.49. The first-order valence-corrected chi connectivity index (χ1v) is 8.74.